The van der Waals surface area contributed by atoms with Gasteiger partial charge in [0.1, 0.15) is 5.82 Å². The molecule has 1 heterocycles. The highest BCUT2D eigenvalue weighted by Gasteiger charge is 2.16. The zero-order chi connectivity index (χ0) is 15.6. The van der Waals surface area contributed by atoms with Gasteiger partial charge in [-0.3, -0.25) is 4.68 Å². The molecule has 1 aromatic carbocycles. The van der Waals surface area contributed by atoms with E-state index in [-0.39, 0.29) is 16.9 Å². The largest absolute Gasteiger partial charge is 0.465 e. The van der Waals surface area contributed by atoms with Crippen LogP contribution in [0.4, 0.5) is 21.5 Å². The van der Waals surface area contributed by atoms with Gasteiger partial charge in [0, 0.05) is 18.9 Å². The minimum Gasteiger partial charge on any atom is -0.465 e. The summed E-state index contributed by atoms with van der Waals surface area (Å²) in [5.74, 6) is -1.16. The number of benzene rings is 1. The first-order valence-electron chi connectivity index (χ1n) is 6.43. The summed E-state index contributed by atoms with van der Waals surface area (Å²) in [6, 6.07) is 2.43. The van der Waals surface area contributed by atoms with E-state index in [4.69, 9.17) is 5.73 Å². The van der Waals surface area contributed by atoms with Crippen molar-refractivity contribution in [1.82, 2.24) is 9.78 Å². The number of hydrogen-bond acceptors (Lipinski definition) is 5. The molecule has 21 heavy (non-hydrogen) atoms. The number of carbonyl (C=O) groups is 1. The highest BCUT2D eigenvalue weighted by molar-refractivity contribution is 5.96. The molecule has 0 saturated heterocycles. The van der Waals surface area contributed by atoms with Crippen LogP contribution in [0.3, 0.4) is 0 Å². The summed E-state index contributed by atoms with van der Waals surface area (Å²) in [6.07, 6.45) is 2.44. The third-order valence-corrected chi connectivity index (χ3v) is 3.05. The second-order valence-electron chi connectivity index (χ2n) is 4.55. The third-order valence-electron chi connectivity index (χ3n) is 3.05. The van der Waals surface area contributed by atoms with Gasteiger partial charge in [0.2, 0.25) is 0 Å². The monoisotopic (exact) mass is 292 g/mol. The molecular formula is C14H17FN4O2. The Kier molecular flexibility index (Phi) is 4.11. The summed E-state index contributed by atoms with van der Waals surface area (Å²) >= 11 is 0. The number of anilines is 3. The van der Waals surface area contributed by atoms with Gasteiger partial charge < -0.3 is 15.8 Å². The van der Waals surface area contributed by atoms with E-state index >= 15 is 0 Å². The number of nitrogen functional groups attached to an aromatic ring is 1. The van der Waals surface area contributed by atoms with E-state index < -0.39 is 11.8 Å². The van der Waals surface area contributed by atoms with E-state index in [0.717, 1.165) is 11.8 Å². The van der Waals surface area contributed by atoms with Gasteiger partial charge in [0.05, 0.1) is 29.7 Å². The lowest BCUT2D eigenvalue weighted by atomic mass is 10.1. The maximum atomic E-state index is 14.0. The first kappa shape index (κ1) is 14.8. The van der Waals surface area contributed by atoms with Gasteiger partial charge in [-0.1, -0.05) is 6.92 Å². The number of aromatic nitrogens is 2. The molecule has 0 aliphatic carbocycles. The number of rotatable bonds is 4. The van der Waals surface area contributed by atoms with Crippen molar-refractivity contribution in [2.75, 3.05) is 18.2 Å². The predicted molar refractivity (Wildman–Crippen MR) is 78.0 cm³/mol. The van der Waals surface area contributed by atoms with Crippen LogP contribution in [0, 0.1) is 5.82 Å². The van der Waals surface area contributed by atoms with Crippen LogP contribution in [0.5, 0.6) is 0 Å². The van der Waals surface area contributed by atoms with Crippen molar-refractivity contribution in [1.29, 1.82) is 0 Å². The number of carbonyl (C=O) groups excluding carboxylic acids is 1. The Balaban J connectivity index is 2.41. The van der Waals surface area contributed by atoms with E-state index in [1.54, 1.807) is 17.9 Å². The molecule has 0 atom stereocenters. The van der Waals surface area contributed by atoms with Gasteiger partial charge in [-0.15, -0.1) is 0 Å². The Morgan fingerprint density at radius 1 is 1.48 bits per heavy atom. The van der Waals surface area contributed by atoms with E-state index in [1.807, 2.05) is 6.92 Å². The van der Waals surface area contributed by atoms with E-state index in [9.17, 15) is 9.18 Å². The molecule has 0 aliphatic rings. The summed E-state index contributed by atoms with van der Waals surface area (Å²) in [5.41, 5.74) is 7.41. The second-order valence-corrected chi connectivity index (χ2v) is 4.55. The summed E-state index contributed by atoms with van der Waals surface area (Å²) < 4.78 is 20.3. The van der Waals surface area contributed by atoms with Gasteiger partial charge >= 0.3 is 5.97 Å². The number of nitrogens with two attached hydrogens (primary N) is 1. The number of ether oxygens (including phenoxy) is 1. The van der Waals surface area contributed by atoms with Crippen molar-refractivity contribution in [2.45, 2.75) is 13.3 Å². The number of nitrogens with zero attached hydrogens (tertiary/aromatic N) is 2. The van der Waals surface area contributed by atoms with Gasteiger partial charge in [-0.25, -0.2) is 9.18 Å². The van der Waals surface area contributed by atoms with Crippen LogP contribution in [0.25, 0.3) is 0 Å². The van der Waals surface area contributed by atoms with Crippen molar-refractivity contribution in [3.05, 3.63) is 35.4 Å². The fourth-order valence-corrected chi connectivity index (χ4v) is 2.02. The molecular weight excluding hydrogens is 275 g/mol. The molecule has 7 heteroatoms. The van der Waals surface area contributed by atoms with Crippen LogP contribution < -0.4 is 11.1 Å². The molecule has 0 aliphatic heterocycles. The lowest BCUT2D eigenvalue weighted by molar-refractivity contribution is 0.0602. The topological polar surface area (TPSA) is 82.2 Å². The van der Waals surface area contributed by atoms with Gasteiger partial charge in [0.15, 0.2) is 0 Å². The molecule has 112 valence electrons. The predicted octanol–water partition coefficient (Wildman–Crippen LogP) is 2.23. The fraction of sp³-hybridized carbons (Fsp3) is 0.286. The zero-order valence-corrected chi connectivity index (χ0v) is 12.1. The summed E-state index contributed by atoms with van der Waals surface area (Å²) in [6.45, 7) is 1.95. The van der Waals surface area contributed by atoms with E-state index in [0.29, 0.717) is 12.1 Å². The first-order chi connectivity index (χ1) is 9.96. The van der Waals surface area contributed by atoms with E-state index in [1.165, 1.54) is 13.2 Å². The quantitative estimate of drug-likeness (QED) is 0.667. The lowest BCUT2D eigenvalue weighted by Gasteiger charge is -2.10. The van der Waals surface area contributed by atoms with Crippen LogP contribution in [0.2, 0.25) is 0 Å². The molecule has 0 bridgehead atoms. The third kappa shape index (κ3) is 2.96. The average Bonchev–Trinajstić information content (AvgIpc) is 2.81. The van der Waals surface area contributed by atoms with Crippen LogP contribution in [0.15, 0.2) is 18.3 Å². The highest BCUT2D eigenvalue weighted by atomic mass is 19.1. The number of aryl methyl sites for hydroxylation is 2. The number of hydrogen-bond donors (Lipinski definition) is 2. The number of esters is 1. The number of halogens is 1. The Bertz CT molecular complexity index is 682. The molecule has 0 fully saturated rings. The van der Waals surface area contributed by atoms with Crippen molar-refractivity contribution in [3.63, 3.8) is 0 Å². The van der Waals surface area contributed by atoms with E-state index in [2.05, 4.69) is 15.2 Å². The normalized spacial score (nSPS) is 10.5. The first-order valence-corrected chi connectivity index (χ1v) is 6.43. The highest BCUT2D eigenvalue weighted by Crippen LogP contribution is 2.27. The smallest absolute Gasteiger partial charge is 0.340 e. The molecule has 0 radical (unpaired) electrons. The van der Waals surface area contributed by atoms with Gasteiger partial charge in [-0.2, -0.15) is 5.10 Å². The summed E-state index contributed by atoms with van der Waals surface area (Å²) in [7, 11) is 3.03. The Hall–Kier alpha value is -2.57. The van der Waals surface area contributed by atoms with Crippen LogP contribution >= 0.6 is 0 Å². The molecule has 2 rings (SSSR count). The minimum absolute atomic E-state index is 0.0341. The molecule has 0 unspecified atom stereocenters. The van der Waals surface area contributed by atoms with Crippen molar-refractivity contribution >= 4 is 23.0 Å². The number of methoxy groups -OCH3 is 1. The Labute approximate surface area is 121 Å². The summed E-state index contributed by atoms with van der Waals surface area (Å²) in [5, 5.41) is 7.20. The van der Waals surface area contributed by atoms with Gasteiger partial charge in [0.25, 0.3) is 0 Å². The fourth-order valence-electron chi connectivity index (χ4n) is 2.02. The number of nitrogens with one attached hydrogen (secondary N) is 1. The molecule has 2 aromatic rings. The summed E-state index contributed by atoms with van der Waals surface area (Å²) in [4.78, 5) is 11.6. The average molecular weight is 292 g/mol. The SMILES string of the molecule is CCc1nn(C)cc1Nc1cc(C(=O)OC)c(N)cc1F. The Morgan fingerprint density at radius 2 is 2.19 bits per heavy atom. The molecule has 0 amide bonds. The molecule has 6 nitrogen and oxygen atoms in total. The Morgan fingerprint density at radius 3 is 2.81 bits per heavy atom. The van der Waals surface area contributed by atoms with Crippen LogP contribution in [-0.4, -0.2) is 22.9 Å². The molecule has 0 saturated carbocycles. The van der Waals surface area contributed by atoms with Crippen LogP contribution in [-0.2, 0) is 18.2 Å². The van der Waals surface area contributed by atoms with Crippen molar-refractivity contribution in [3.8, 4) is 0 Å². The van der Waals surface area contributed by atoms with Crippen molar-refractivity contribution in [2.24, 2.45) is 7.05 Å². The molecule has 0 spiro atoms. The molecule has 3 N–H and O–H groups in total. The minimum atomic E-state index is -0.613. The second kappa shape index (κ2) is 5.82. The maximum Gasteiger partial charge on any atom is 0.340 e. The van der Waals surface area contributed by atoms with Gasteiger partial charge in [-0.05, 0) is 18.6 Å². The lowest BCUT2D eigenvalue weighted by Crippen LogP contribution is -2.08. The van der Waals surface area contributed by atoms with Crippen molar-refractivity contribution < 1.29 is 13.9 Å². The standard InChI is InChI=1S/C14H17FN4O2/c1-4-11-13(7-19(2)18-11)17-12-5-8(14(20)21-3)10(16)6-9(12)15/h5-7,17H,4,16H2,1-3H3. The van der Waals surface area contributed by atoms with Crippen LogP contribution in [0.1, 0.15) is 23.0 Å². The zero-order valence-electron chi connectivity index (χ0n) is 12.1. The maximum absolute atomic E-state index is 14.0. The molecule has 1 aromatic heterocycles.